The van der Waals surface area contributed by atoms with Gasteiger partial charge in [-0.15, -0.1) is 0 Å². The Balaban J connectivity index is 2.85. The quantitative estimate of drug-likeness (QED) is 0.874. The first-order chi connectivity index (χ1) is 8.40. The standard InChI is InChI=1S/C15H25NO2/c1-6-18-12-9-7-11(8-10-12)13(16)14(17-5)15(2,3)4/h7-10,13-14H,6,16H2,1-5H3. The van der Waals surface area contributed by atoms with Gasteiger partial charge >= 0.3 is 0 Å². The first kappa shape index (κ1) is 15.0. The van der Waals surface area contributed by atoms with Crippen molar-refractivity contribution in [1.82, 2.24) is 0 Å². The van der Waals surface area contributed by atoms with Gasteiger partial charge in [0.2, 0.25) is 0 Å². The van der Waals surface area contributed by atoms with Gasteiger partial charge in [0.05, 0.1) is 18.8 Å². The molecule has 2 atom stereocenters. The zero-order chi connectivity index (χ0) is 13.8. The van der Waals surface area contributed by atoms with Gasteiger partial charge in [0.1, 0.15) is 5.75 Å². The van der Waals surface area contributed by atoms with Crippen molar-refractivity contribution >= 4 is 0 Å². The molecule has 0 amide bonds. The van der Waals surface area contributed by atoms with Crippen molar-refractivity contribution in [1.29, 1.82) is 0 Å². The summed E-state index contributed by atoms with van der Waals surface area (Å²) in [5.41, 5.74) is 7.37. The van der Waals surface area contributed by atoms with Gasteiger partial charge in [0.15, 0.2) is 0 Å². The van der Waals surface area contributed by atoms with Crippen molar-refractivity contribution in [2.24, 2.45) is 11.1 Å². The molecule has 1 aromatic carbocycles. The summed E-state index contributed by atoms with van der Waals surface area (Å²) in [6.07, 6.45) is -0.0181. The molecule has 0 radical (unpaired) electrons. The van der Waals surface area contributed by atoms with E-state index in [0.29, 0.717) is 6.61 Å². The molecule has 102 valence electrons. The van der Waals surface area contributed by atoms with Crippen molar-refractivity contribution < 1.29 is 9.47 Å². The van der Waals surface area contributed by atoms with E-state index in [1.807, 2.05) is 31.2 Å². The van der Waals surface area contributed by atoms with E-state index < -0.39 is 0 Å². The van der Waals surface area contributed by atoms with Crippen LogP contribution in [0.25, 0.3) is 0 Å². The fourth-order valence-electron chi connectivity index (χ4n) is 2.17. The molecule has 1 rings (SSSR count). The summed E-state index contributed by atoms with van der Waals surface area (Å²) in [7, 11) is 1.71. The monoisotopic (exact) mass is 251 g/mol. The fraction of sp³-hybridized carbons (Fsp3) is 0.600. The lowest BCUT2D eigenvalue weighted by Crippen LogP contribution is -2.38. The first-order valence-electron chi connectivity index (χ1n) is 6.41. The van der Waals surface area contributed by atoms with Crippen LogP contribution in [0.3, 0.4) is 0 Å². The van der Waals surface area contributed by atoms with Crippen LogP contribution >= 0.6 is 0 Å². The van der Waals surface area contributed by atoms with E-state index in [-0.39, 0.29) is 17.6 Å². The highest BCUT2D eigenvalue weighted by atomic mass is 16.5. The van der Waals surface area contributed by atoms with Gasteiger partial charge in [-0.3, -0.25) is 0 Å². The fourth-order valence-corrected chi connectivity index (χ4v) is 2.17. The third kappa shape index (κ3) is 3.72. The van der Waals surface area contributed by atoms with E-state index in [4.69, 9.17) is 15.2 Å². The summed E-state index contributed by atoms with van der Waals surface area (Å²) in [4.78, 5) is 0. The van der Waals surface area contributed by atoms with Crippen molar-refractivity contribution in [2.75, 3.05) is 13.7 Å². The molecule has 0 aliphatic carbocycles. The van der Waals surface area contributed by atoms with Crippen LogP contribution in [-0.4, -0.2) is 19.8 Å². The number of ether oxygens (including phenoxy) is 2. The zero-order valence-electron chi connectivity index (χ0n) is 12.1. The molecule has 2 N–H and O–H groups in total. The van der Waals surface area contributed by atoms with Gasteiger partial charge in [-0.1, -0.05) is 32.9 Å². The Morgan fingerprint density at radius 3 is 2.11 bits per heavy atom. The summed E-state index contributed by atoms with van der Waals surface area (Å²) in [5.74, 6) is 0.873. The van der Waals surface area contributed by atoms with Crippen molar-refractivity contribution in [3.05, 3.63) is 29.8 Å². The van der Waals surface area contributed by atoms with Crippen LogP contribution in [0.15, 0.2) is 24.3 Å². The Hall–Kier alpha value is -1.06. The van der Waals surface area contributed by atoms with Gasteiger partial charge < -0.3 is 15.2 Å². The molecule has 3 heteroatoms. The largest absolute Gasteiger partial charge is 0.494 e. The molecule has 0 fully saturated rings. The molecule has 0 saturated carbocycles. The second-order valence-corrected chi connectivity index (χ2v) is 5.55. The number of methoxy groups -OCH3 is 1. The second kappa shape index (κ2) is 6.21. The number of rotatable bonds is 5. The van der Waals surface area contributed by atoms with Crippen LogP contribution in [0, 0.1) is 5.41 Å². The van der Waals surface area contributed by atoms with Crippen LogP contribution in [0.5, 0.6) is 5.75 Å². The molecular weight excluding hydrogens is 226 g/mol. The topological polar surface area (TPSA) is 44.5 Å². The van der Waals surface area contributed by atoms with Crippen LogP contribution in [0.2, 0.25) is 0 Å². The minimum Gasteiger partial charge on any atom is -0.494 e. The third-order valence-corrected chi connectivity index (χ3v) is 3.01. The Morgan fingerprint density at radius 1 is 1.17 bits per heavy atom. The van der Waals surface area contributed by atoms with E-state index >= 15 is 0 Å². The summed E-state index contributed by atoms with van der Waals surface area (Å²) in [6.45, 7) is 9.05. The smallest absolute Gasteiger partial charge is 0.119 e. The molecule has 0 aliphatic rings. The second-order valence-electron chi connectivity index (χ2n) is 5.55. The van der Waals surface area contributed by atoms with Gasteiger partial charge in [-0.2, -0.15) is 0 Å². The highest BCUT2D eigenvalue weighted by Gasteiger charge is 2.30. The highest BCUT2D eigenvalue weighted by Crippen LogP contribution is 2.31. The lowest BCUT2D eigenvalue weighted by Gasteiger charge is -2.34. The number of hydrogen-bond donors (Lipinski definition) is 1. The maximum atomic E-state index is 6.29. The SMILES string of the molecule is CCOc1ccc(C(N)C(OC)C(C)(C)C)cc1. The predicted octanol–water partition coefficient (Wildman–Crippen LogP) is 3.15. The zero-order valence-corrected chi connectivity index (χ0v) is 12.1. The average Bonchev–Trinajstić information content (AvgIpc) is 2.29. The summed E-state index contributed by atoms with van der Waals surface area (Å²) in [6, 6.07) is 7.79. The van der Waals surface area contributed by atoms with Crippen molar-refractivity contribution in [3.8, 4) is 5.75 Å². The number of nitrogens with two attached hydrogens (primary N) is 1. The van der Waals surface area contributed by atoms with Crippen LogP contribution in [0.1, 0.15) is 39.3 Å². The molecule has 0 saturated heterocycles. The Bertz CT molecular complexity index is 354. The van der Waals surface area contributed by atoms with Gasteiger partial charge in [-0.25, -0.2) is 0 Å². The molecule has 0 spiro atoms. The Kier molecular flexibility index (Phi) is 5.17. The van der Waals surface area contributed by atoms with Gasteiger partial charge in [0.25, 0.3) is 0 Å². The maximum Gasteiger partial charge on any atom is 0.119 e. The molecule has 0 heterocycles. The van der Waals surface area contributed by atoms with Crippen molar-refractivity contribution in [2.45, 2.75) is 39.8 Å². The normalized spacial score (nSPS) is 15.2. The van der Waals surface area contributed by atoms with E-state index in [9.17, 15) is 0 Å². The molecule has 0 aromatic heterocycles. The minimum absolute atomic E-state index is 0.00670. The lowest BCUT2D eigenvalue weighted by atomic mass is 9.82. The van der Waals surface area contributed by atoms with Crippen LogP contribution in [-0.2, 0) is 4.74 Å². The average molecular weight is 251 g/mol. The molecule has 18 heavy (non-hydrogen) atoms. The van der Waals surface area contributed by atoms with Gasteiger partial charge in [-0.05, 0) is 30.0 Å². The highest BCUT2D eigenvalue weighted by molar-refractivity contribution is 5.29. The number of benzene rings is 1. The minimum atomic E-state index is -0.134. The molecule has 2 unspecified atom stereocenters. The van der Waals surface area contributed by atoms with Crippen LogP contribution < -0.4 is 10.5 Å². The molecular formula is C15H25NO2. The van der Waals surface area contributed by atoms with E-state index in [1.165, 1.54) is 0 Å². The first-order valence-corrected chi connectivity index (χ1v) is 6.41. The number of hydrogen-bond acceptors (Lipinski definition) is 3. The van der Waals surface area contributed by atoms with Crippen LogP contribution in [0.4, 0.5) is 0 Å². The van der Waals surface area contributed by atoms with E-state index in [1.54, 1.807) is 7.11 Å². The Morgan fingerprint density at radius 2 is 1.72 bits per heavy atom. The molecule has 3 nitrogen and oxygen atoms in total. The molecule has 0 bridgehead atoms. The summed E-state index contributed by atoms with van der Waals surface area (Å²) < 4.78 is 11.0. The van der Waals surface area contributed by atoms with Crippen molar-refractivity contribution in [3.63, 3.8) is 0 Å². The summed E-state index contributed by atoms with van der Waals surface area (Å²) in [5, 5.41) is 0. The molecule has 1 aromatic rings. The van der Waals surface area contributed by atoms with E-state index in [2.05, 4.69) is 20.8 Å². The maximum absolute atomic E-state index is 6.29. The predicted molar refractivity (Wildman–Crippen MR) is 74.8 cm³/mol. The lowest BCUT2D eigenvalue weighted by molar-refractivity contribution is -0.00244. The van der Waals surface area contributed by atoms with Gasteiger partial charge in [0, 0.05) is 7.11 Å². The summed E-state index contributed by atoms with van der Waals surface area (Å²) >= 11 is 0. The molecule has 0 aliphatic heterocycles. The Labute approximate surface area is 110 Å². The third-order valence-electron chi connectivity index (χ3n) is 3.01. The van der Waals surface area contributed by atoms with E-state index in [0.717, 1.165) is 11.3 Å².